The minimum Gasteiger partial charge on any atom is -0.383 e. The molecule has 0 spiro atoms. The molecule has 0 heterocycles. The van der Waals surface area contributed by atoms with Crippen LogP contribution in [0.25, 0.3) is 0 Å². The fourth-order valence-electron chi connectivity index (χ4n) is 2.54. The number of amides is 1. The van der Waals surface area contributed by atoms with Gasteiger partial charge in [-0.3, -0.25) is 4.79 Å². The summed E-state index contributed by atoms with van der Waals surface area (Å²) in [7, 11) is -6.18. The molecule has 0 aromatic heterocycles. The lowest BCUT2D eigenvalue weighted by Gasteiger charge is -2.11. The number of hydrogen-bond acceptors (Lipinski definition) is 6. The molecule has 0 atom stereocenters. The van der Waals surface area contributed by atoms with Crippen LogP contribution in [0, 0.1) is 0 Å². The van der Waals surface area contributed by atoms with Gasteiger partial charge in [0, 0.05) is 24.9 Å². The van der Waals surface area contributed by atoms with E-state index in [0.29, 0.717) is 12.0 Å². The molecule has 9 nitrogen and oxygen atoms in total. The van der Waals surface area contributed by atoms with Gasteiger partial charge in [0.05, 0.1) is 16.4 Å². The molecule has 0 unspecified atom stereocenters. The second-order valence-corrected chi connectivity index (χ2v) is 9.39. The number of anilines is 1. The van der Waals surface area contributed by atoms with Crippen molar-refractivity contribution in [2.45, 2.75) is 23.1 Å². The molecule has 2 rings (SSSR count). The van der Waals surface area contributed by atoms with Gasteiger partial charge in [-0.15, -0.1) is 0 Å². The smallest absolute Gasteiger partial charge is 0.255 e. The molecule has 0 saturated heterocycles. The quantitative estimate of drug-likeness (QED) is 0.497. The van der Waals surface area contributed by atoms with Gasteiger partial charge in [0.2, 0.25) is 20.0 Å². The highest BCUT2D eigenvalue weighted by molar-refractivity contribution is 7.89. The molecule has 158 valence electrons. The van der Waals surface area contributed by atoms with Crippen LogP contribution in [-0.2, 0) is 31.2 Å². The molecule has 0 radical (unpaired) electrons. The van der Waals surface area contributed by atoms with Crippen LogP contribution in [0.2, 0.25) is 0 Å². The molecule has 29 heavy (non-hydrogen) atoms. The van der Waals surface area contributed by atoms with Gasteiger partial charge in [-0.25, -0.2) is 26.7 Å². The van der Waals surface area contributed by atoms with E-state index < -0.39 is 26.0 Å². The maximum absolute atomic E-state index is 12.4. The molecule has 0 saturated carbocycles. The Hall–Kier alpha value is -2.31. The SMILES string of the molecule is CCc1ccc(NC(=O)c2ccc(S(=O)(=O)NCCOC)cc2)cc1S(N)(=O)=O. The van der Waals surface area contributed by atoms with Gasteiger partial charge in [-0.2, -0.15) is 0 Å². The molecule has 0 aliphatic heterocycles. The number of hydrogen-bond donors (Lipinski definition) is 3. The molecular formula is C18H23N3O6S2. The molecule has 11 heteroatoms. The van der Waals surface area contributed by atoms with E-state index in [1.54, 1.807) is 19.1 Å². The maximum Gasteiger partial charge on any atom is 0.255 e. The minimum atomic E-state index is -3.93. The Kier molecular flexibility index (Phi) is 7.49. The number of carbonyl (C=O) groups is 1. The Morgan fingerprint density at radius 2 is 1.72 bits per heavy atom. The summed E-state index contributed by atoms with van der Waals surface area (Å²) in [5, 5.41) is 7.82. The third-order valence-electron chi connectivity index (χ3n) is 4.04. The Labute approximate surface area is 170 Å². The molecule has 2 aromatic carbocycles. The summed E-state index contributed by atoms with van der Waals surface area (Å²) >= 11 is 0. The standard InChI is InChI=1S/C18H23N3O6S2/c1-3-13-4-7-15(12-17(13)28(19,23)24)21-18(22)14-5-8-16(9-6-14)29(25,26)20-10-11-27-2/h4-9,12,20H,3,10-11H2,1-2H3,(H,21,22)(H2,19,23,24). The molecule has 0 bridgehead atoms. The van der Waals surface area contributed by atoms with Crippen molar-refractivity contribution in [3.05, 3.63) is 53.6 Å². The third-order valence-corrected chi connectivity index (χ3v) is 6.51. The summed E-state index contributed by atoms with van der Waals surface area (Å²) in [4.78, 5) is 12.4. The van der Waals surface area contributed by atoms with Crippen molar-refractivity contribution in [3.63, 3.8) is 0 Å². The van der Waals surface area contributed by atoms with Crippen molar-refractivity contribution < 1.29 is 26.4 Å². The first-order valence-electron chi connectivity index (χ1n) is 8.64. The molecule has 2 aromatic rings. The Balaban J connectivity index is 2.18. The van der Waals surface area contributed by atoms with Crippen molar-refractivity contribution in [3.8, 4) is 0 Å². The van der Waals surface area contributed by atoms with E-state index in [2.05, 4.69) is 10.0 Å². The minimum absolute atomic E-state index is 0.00830. The number of benzene rings is 2. The van der Waals surface area contributed by atoms with E-state index in [9.17, 15) is 21.6 Å². The number of nitrogens with one attached hydrogen (secondary N) is 2. The van der Waals surface area contributed by atoms with Gasteiger partial charge in [0.15, 0.2) is 0 Å². The van der Waals surface area contributed by atoms with Crippen LogP contribution in [0.5, 0.6) is 0 Å². The van der Waals surface area contributed by atoms with Crippen LogP contribution in [0.1, 0.15) is 22.8 Å². The van der Waals surface area contributed by atoms with Crippen LogP contribution >= 0.6 is 0 Å². The fourth-order valence-corrected chi connectivity index (χ4v) is 4.42. The summed E-state index contributed by atoms with van der Waals surface area (Å²) in [6.45, 7) is 2.15. The van der Waals surface area contributed by atoms with Crippen molar-refractivity contribution in [2.75, 3.05) is 25.6 Å². The lowest BCUT2D eigenvalue weighted by Crippen LogP contribution is -2.27. The molecule has 0 aliphatic carbocycles. The van der Waals surface area contributed by atoms with Crippen molar-refractivity contribution in [2.24, 2.45) is 5.14 Å². The summed E-state index contributed by atoms with van der Waals surface area (Å²) in [6.07, 6.45) is 0.467. The number of ether oxygens (including phenoxy) is 1. The second kappa shape index (κ2) is 9.46. The Morgan fingerprint density at radius 1 is 1.07 bits per heavy atom. The van der Waals surface area contributed by atoms with E-state index in [1.165, 1.54) is 37.4 Å². The average molecular weight is 442 g/mol. The first-order chi connectivity index (χ1) is 13.6. The third kappa shape index (κ3) is 6.08. The van der Waals surface area contributed by atoms with Crippen LogP contribution in [0.4, 0.5) is 5.69 Å². The van der Waals surface area contributed by atoms with Gasteiger partial charge in [0.1, 0.15) is 0 Å². The zero-order valence-electron chi connectivity index (χ0n) is 16.0. The summed E-state index contributed by atoms with van der Waals surface area (Å²) in [5.74, 6) is -0.522. The van der Waals surface area contributed by atoms with Gasteiger partial charge >= 0.3 is 0 Å². The zero-order chi connectivity index (χ0) is 21.7. The number of sulfonamides is 2. The largest absolute Gasteiger partial charge is 0.383 e. The highest BCUT2D eigenvalue weighted by Crippen LogP contribution is 2.21. The second-order valence-electron chi connectivity index (χ2n) is 6.09. The number of nitrogens with two attached hydrogens (primary N) is 1. The normalized spacial score (nSPS) is 12.0. The first kappa shape index (κ1) is 23.0. The van der Waals surface area contributed by atoms with Crippen molar-refractivity contribution in [1.82, 2.24) is 4.72 Å². The highest BCUT2D eigenvalue weighted by atomic mass is 32.2. The number of aryl methyl sites for hydroxylation is 1. The number of methoxy groups -OCH3 is 1. The summed E-state index contributed by atoms with van der Waals surface area (Å²) in [5.41, 5.74) is 1.01. The number of rotatable bonds is 9. The van der Waals surface area contributed by atoms with Gasteiger partial charge in [-0.1, -0.05) is 13.0 Å². The van der Waals surface area contributed by atoms with E-state index >= 15 is 0 Å². The number of carbonyl (C=O) groups excluding carboxylic acids is 1. The topological polar surface area (TPSA) is 145 Å². The van der Waals surface area contributed by atoms with E-state index in [0.717, 1.165) is 0 Å². The van der Waals surface area contributed by atoms with Crippen LogP contribution in [-0.4, -0.2) is 43.0 Å². The predicted octanol–water partition coefficient (Wildman–Crippen LogP) is 1.07. The summed E-state index contributed by atoms with van der Waals surface area (Å²) in [6, 6.07) is 9.79. The monoisotopic (exact) mass is 441 g/mol. The van der Waals surface area contributed by atoms with Crippen molar-refractivity contribution >= 4 is 31.6 Å². The van der Waals surface area contributed by atoms with Crippen molar-refractivity contribution in [1.29, 1.82) is 0 Å². The Morgan fingerprint density at radius 3 is 2.28 bits per heavy atom. The van der Waals surface area contributed by atoms with Gasteiger partial charge in [0.25, 0.3) is 5.91 Å². The van der Waals surface area contributed by atoms with Crippen LogP contribution < -0.4 is 15.2 Å². The van der Waals surface area contributed by atoms with E-state index in [4.69, 9.17) is 9.88 Å². The molecular weight excluding hydrogens is 418 g/mol. The lowest BCUT2D eigenvalue weighted by molar-refractivity contribution is 0.102. The van der Waals surface area contributed by atoms with Crippen LogP contribution in [0.3, 0.4) is 0 Å². The summed E-state index contributed by atoms with van der Waals surface area (Å²) < 4.78 is 54.9. The Bertz CT molecular complexity index is 1080. The molecule has 4 N–H and O–H groups in total. The molecule has 0 aliphatic rings. The zero-order valence-corrected chi connectivity index (χ0v) is 17.6. The number of primary sulfonamides is 1. The predicted molar refractivity (Wildman–Crippen MR) is 109 cm³/mol. The van der Waals surface area contributed by atoms with Crippen LogP contribution in [0.15, 0.2) is 52.3 Å². The van der Waals surface area contributed by atoms with E-state index in [1.807, 2.05) is 0 Å². The van der Waals surface area contributed by atoms with E-state index in [-0.39, 0.29) is 34.2 Å². The maximum atomic E-state index is 12.4. The average Bonchev–Trinajstić information content (AvgIpc) is 2.67. The molecule has 1 amide bonds. The van der Waals surface area contributed by atoms with Gasteiger partial charge < -0.3 is 10.1 Å². The molecule has 0 fully saturated rings. The fraction of sp³-hybridized carbons (Fsp3) is 0.278. The van der Waals surface area contributed by atoms with Gasteiger partial charge in [-0.05, 0) is 48.4 Å². The first-order valence-corrected chi connectivity index (χ1v) is 11.7. The highest BCUT2D eigenvalue weighted by Gasteiger charge is 2.17. The lowest BCUT2D eigenvalue weighted by atomic mass is 10.1.